The Morgan fingerprint density at radius 1 is 1.57 bits per heavy atom. The van der Waals surface area contributed by atoms with Crippen molar-refractivity contribution >= 4 is 17.9 Å². The predicted octanol–water partition coefficient (Wildman–Crippen LogP) is 2.18. The maximum absolute atomic E-state index is 10.0. The quantitative estimate of drug-likeness (QED) is 0.564. The molecule has 0 N–H and O–H groups in total. The molecule has 1 aromatic rings. The maximum atomic E-state index is 10.0. The number of rotatable bonds is 4. The molecule has 0 radical (unpaired) electrons. The third-order valence-electron chi connectivity index (χ3n) is 1.56. The van der Waals surface area contributed by atoms with Gasteiger partial charge in [0, 0.05) is 17.5 Å². The SMILES string of the molecule is N#Cc1ccc(Cl)cc1OCCC=O. The van der Waals surface area contributed by atoms with Gasteiger partial charge in [-0.15, -0.1) is 0 Å². The van der Waals surface area contributed by atoms with E-state index in [0.717, 1.165) is 6.29 Å². The molecule has 0 saturated heterocycles. The number of carbonyl (C=O) groups excluding carboxylic acids is 1. The van der Waals surface area contributed by atoms with Crippen LogP contribution >= 0.6 is 11.6 Å². The first-order valence-corrected chi connectivity index (χ1v) is 4.42. The fourth-order valence-corrected chi connectivity index (χ4v) is 1.09. The van der Waals surface area contributed by atoms with Crippen LogP contribution in [0.3, 0.4) is 0 Å². The maximum Gasteiger partial charge on any atom is 0.138 e. The normalized spacial score (nSPS) is 9.14. The van der Waals surface area contributed by atoms with Crippen molar-refractivity contribution in [3.63, 3.8) is 0 Å². The van der Waals surface area contributed by atoms with E-state index >= 15 is 0 Å². The molecule has 72 valence electrons. The minimum Gasteiger partial charge on any atom is -0.492 e. The number of ether oxygens (including phenoxy) is 1. The van der Waals surface area contributed by atoms with Crippen LogP contribution in [0.4, 0.5) is 0 Å². The van der Waals surface area contributed by atoms with Crippen LogP contribution in [0.25, 0.3) is 0 Å². The van der Waals surface area contributed by atoms with Crippen molar-refractivity contribution in [2.24, 2.45) is 0 Å². The number of nitriles is 1. The van der Waals surface area contributed by atoms with Gasteiger partial charge in [-0.05, 0) is 12.1 Å². The molecule has 0 amide bonds. The van der Waals surface area contributed by atoms with Crippen molar-refractivity contribution in [1.29, 1.82) is 5.26 Å². The first kappa shape index (κ1) is 10.6. The zero-order valence-electron chi connectivity index (χ0n) is 7.37. The second-order valence-electron chi connectivity index (χ2n) is 2.56. The molecule has 4 heteroatoms. The van der Waals surface area contributed by atoms with Gasteiger partial charge < -0.3 is 9.53 Å². The molecule has 0 spiro atoms. The minimum atomic E-state index is 0.262. The smallest absolute Gasteiger partial charge is 0.138 e. The summed E-state index contributed by atoms with van der Waals surface area (Å²) in [5.74, 6) is 0.418. The highest BCUT2D eigenvalue weighted by Gasteiger charge is 2.03. The molecule has 0 fully saturated rings. The molecule has 0 saturated carbocycles. The summed E-state index contributed by atoms with van der Waals surface area (Å²) in [5, 5.41) is 9.23. The van der Waals surface area contributed by atoms with Gasteiger partial charge in [-0.1, -0.05) is 11.6 Å². The van der Waals surface area contributed by atoms with Crippen LogP contribution in [0.15, 0.2) is 18.2 Å². The number of aldehydes is 1. The van der Waals surface area contributed by atoms with E-state index in [1.54, 1.807) is 18.2 Å². The predicted molar refractivity (Wildman–Crippen MR) is 52.3 cm³/mol. The Bertz CT molecular complexity index is 371. The molecular weight excluding hydrogens is 202 g/mol. The van der Waals surface area contributed by atoms with Crippen LogP contribution in [0.1, 0.15) is 12.0 Å². The van der Waals surface area contributed by atoms with Gasteiger partial charge in [-0.2, -0.15) is 5.26 Å². The van der Waals surface area contributed by atoms with E-state index < -0.39 is 0 Å². The number of nitrogens with zero attached hydrogens (tertiary/aromatic N) is 1. The van der Waals surface area contributed by atoms with Crippen molar-refractivity contribution in [2.75, 3.05) is 6.61 Å². The summed E-state index contributed by atoms with van der Waals surface area (Å²) in [5.41, 5.74) is 0.417. The summed E-state index contributed by atoms with van der Waals surface area (Å²) < 4.78 is 5.21. The van der Waals surface area contributed by atoms with Gasteiger partial charge in [0.2, 0.25) is 0 Å². The number of benzene rings is 1. The summed E-state index contributed by atoms with van der Waals surface area (Å²) in [7, 11) is 0. The molecule has 0 atom stereocenters. The van der Waals surface area contributed by atoms with E-state index in [1.165, 1.54) is 0 Å². The fourth-order valence-electron chi connectivity index (χ4n) is 0.925. The molecule has 0 aliphatic rings. The molecule has 0 aromatic heterocycles. The van der Waals surface area contributed by atoms with Crippen molar-refractivity contribution in [3.05, 3.63) is 28.8 Å². The third-order valence-corrected chi connectivity index (χ3v) is 1.79. The van der Waals surface area contributed by atoms with Crippen LogP contribution in [-0.4, -0.2) is 12.9 Å². The minimum absolute atomic E-state index is 0.262. The lowest BCUT2D eigenvalue weighted by molar-refractivity contribution is -0.108. The topological polar surface area (TPSA) is 50.1 Å². The third kappa shape index (κ3) is 2.75. The molecule has 1 aromatic carbocycles. The standard InChI is InChI=1S/C10H8ClNO2/c11-9-3-2-8(7-12)10(6-9)14-5-1-4-13/h2-4,6H,1,5H2. The highest BCUT2D eigenvalue weighted by atomic mass is 35.5. The Balaban J connectivity index is 2.78. The van der Waals surface area contributed by atoms with Crippen molar-refractivity contribution in [1.82, 2.24) is 0 Å². The van der Waals surface area contributed by atoms with Crippen molar-refractivity contribution in [3.8, 4) is 11.8 Å². The molecule has 0 unspecified atom stereocenters. The zero-order valence-corrected chi connectivity index (χ0v) is 8.12. The van der Waals surface area contributed by atoms with Crippen LogP contribution in [0.2, 0.25) is 5.02 Å². The lowest BCUT2D eigenvalue weighted by Gasteiger charge is -2.05. The van der Waals surface area contributed by atoms with Crippen LogP contribution in [-0.2, 0) is 4.79 Å². The number of halogens is 1. The van der Waals surface area contributed by atoms with Gasteiger partial charge in [0.15, 0.2) is 0 Å². The Morgan fingerprint density at radius 3 is 3.00 bits per heavy atom. The molecular formula is C10H8ClNO2. The average molecular weight is 210 g/mol. The molecule has 14 heavy (non-hydrogen) atoms. The van der Waals surface area contributed by atoms with Crippen LogP contribution in [0, 0.1) is 11.3 Å². The van der Waals surface area contributed by atoms with E-state index in [1.807, 2.05) is 6.07 Å². The highest BCUT2D eigenvalue weighted by molar-refractivity contribution is 6.30. The molecule has 0 aliphatic carbocycles. The lowest BCUT2D eigenvalue weighted by atomic mass is 10.2. The molecule has 0 heterocycles. The second-order valence-corrected chi connectivity index (χ2v) is 2.99. The van der Waals surface area contributed by atoms with Crippen molar-refractivity contribution in [2.45, 2.75) is 6.42 Å². The Labute approximate surface area is 86.9 Å². The Hall–Kier alpha value is -1.53. The summed E-state index contributed by atoms with van der Waals surface area (Å²) in [6.45, 7) is 0.262. The summed E-state index contributed by atoms with van der Waals surface area (Å²) in [4.78, 5) is 10.0. The first-order chi connectivity index (χ1) is 6.77. The fraction of sp³-hybridized carbons (Fsp3) is 0.200. The lowest BCUT2D eigenvalue weighted by Crippen LogP contribution is -1.99. The largest absolute Gasteiger partial charge is 0.492 e. The van der Waals surface area contributed by atoms with Crippen molar-refractivity contribution < 1.29 is 9.53 Å². The van der Waals surface area contributed by atoms with Gasteiger partial charge >= 0.3 is 0 Å². The van der Waals surface area contributed by atoms with E-state index in [9.17, 15) is 4.79 Å². The van der Waals surface area contributed by atoms with Crippen LogP contribution in [0.5, 0.6) is 5.75 Å². The van der Waals surface area contributed by atoms with Gasteiger partial charge in [0.1, 0.15) is 18.1 Å². The zero-order chi connectivity index (χ0) is 10.4. The van der Waals surface area contributed by atoms with Gasteiger partial charge in [0.25, 0.3) is 0 Å². The Kier molecular flexibility index (Phi) is 3.96. The molecule has 0 bridgehead atoms. The summed E-state index contributed by atoms with van der Waals surface area (Å²) in [6.07, 6.45) is 1.06. The Morgan fingerprint density at radius 2 is 2.36 bits per heavy atom. The summed E-state index contributed by atoms with van der Waals surface area (Å²) in [6, 6.07) is 6.74. The van der Waals surface area contributed by atoms with E-state index in [4.69, 9.17) is 21.6 Å². The molecule has 0 aliphatic heterocycles. The van der Waals surface area contributed by atoms with E-state index in [-0.39, 0.29) is 6.61 Å². The van der Waals surface area contributed by atoms with Gasteiger partial charge in [-0.3, -0.25) is 0 Å². The molecule has 3 nitrogen and oxygen atoms in total. The van der Waals surface area contributed by atoms with E-state index in [0.29, 0.717) is 22.8 Å². The monoisotopic (exact) mass is 209 g/mol. The number of hydrogen-bond donors (Lipinski definition) is 0. The summed E-state index contributed by atoms with van der Waals surface area (Å²) >= 11 is 5.73. The average Bonchev–Trinajstić information content (AvgIpc) is 2.19. The molecule has 1 rings (SSSR count). The van der Waals surface area contributed by atoms with Crippen LogP contribution < -0.4 is 4.74 Å². The second kappa shape index (κ2) is 5.25. The highest BCUT2D eigenvalue weighted by Crippen LogP contribution is 2.22. The first-order valence-electron chi connectivity index (χ1n) is 4.04. The van der Waals surface area contributed by atoms with Gasteiger partial charge in [-0.25, -0.2) is 0 Å². The number of hydrogen-bond acceptors (Lipinski definition) is 3. The van der Waals surface area contributed by atoms with E-state index in [2.05, 4.69) is 0 Å². The number of carbonyl (C=O) groups is 1. The van der Waals surface area contributed by atoms with Gasteiger partial charge in [0.05, 0.1) is 12.2 Å².